The summed E-state index contributed by atoms with van der Waals surface area (Å²) in [5.41, 5.74) is -0.220. The topological polar surface area (TPSA) is 50.4 Å². The van der Waals surface area contributed by atoms with E-state index in [4.69, 9.17) is 4.74 Å². The van der Waals surface area contributed by atoms with Crippen molar-refractivity contribution in [3.8, 4) is 0 Å². The molecule has 23 heavy (non-hydrogen) atoms. The summed E-state index contributed by atoms with van der Waals surface area (Å²) in [5, 5.41) is 4.57. The Labute approximate surface area is 141 Å². The first-order valence-electron chi connectivity index (χ1n) is 6.98. The van der Waals surface area contributed by atoms with E-state index in [1.54, 1.807) is 20.8 Å². The van der Waals surface area contributed by atoms with Crippen LogP contribution < -0.4 is 10.6 Å². The van der Waals surface area contributed by atoms with E-state index in [9.17, 15) is 18.0 Å². The van der Waals surface area contributed by atoms with Crippen LogP contribution in [0.1, 0.15) is 26.3 Å². The third kappa shape index (κ3) is 8.22. The Morgan fingerprint density at radius 2 is 1.91 bits per heavy atom. The highest BCUT2D eigenvalue weighted by molar-refractivity contribution is 9.10. The zero-order valence-corrected chi connectivity index (χ0v) is 14.8. The number of nitrogens with one attached hydrogen (secondary N) is 2. The predicted molar refractivity (Wildman–Crippen MR) is 85.0 cm³/mol. The minimum atomic E-state index is -3.16. The molecule has 0 fully saturated rings. The molecule has 0 radical (unpaired) electrons. The molecule has 0 atom stereocenters. The van der Waals surface area contributed by atoms with E-state index < -0.39 is 36.5 Å². The fraction of sp³-hybridized carbons (Fsp3) is 0.533. The van der Waals surface area contributed by atoms with Gasteiger partial charge in [-0.15, -0.1) is 0 Å². The Kier molecular flexibility index (Phi) is 6.88. The van der Waals surface area contributed by atoms with Gasteiger partial charge < -0.3 is 15.4 Å². The van der Waals surface area contributed by atoms with Gasteiger partial charge in [-0.2, -0.15) is 0 Å². The summed E-state index contributed by atoms with van der Waals surface area (Å²) in [7, 11) is 0. The molecule has 0 unspecified atom stereocenters. The lowest BCUT2D eigenvalue weighted by atomic mass is 10.2. The molecule has 0 bridgehead atoms. The fourth-order valence-corrected chi connectivity index (χ4v) is 2.02. The number of hydrogen-bond donors (Lipinski definition) is 2. The molecule has 1 aromatic carbocycles. The van der Waals surface area contributed by atoms with Crippen molar-refractivity contribution in [1.82, 2.24) is 10.6 Å². The molecule has 0 saturated heterocycles. The van der Waals surface area contributed by atoms with Crippen molar-refractivity contribution in [3.63, 3.8) is 0 Å². The van der Waals surface area contributed by atoms with E-state index in [1.165, 1.54) is 18.2 Å². The molecule has 0 aliphatic heterocycles. The third-order valence-corrected chi connectivity index (χ3v) is 3.37. The monoisotopic (exact) mass is 396 g/mol. The average molecular weight is 397 g/mol. The van der Waals surface area contributed by atoms with Crippen molar-refractivity contribution in [3.05, 3.63) is 34.1 Å². The molecule has 8 heteroatoms. The van der Waals surface area contributed by atoms with Gasteiger partial charge in [-0.1, -0.05) is 15.9 Å². The normalized spacial score (nSPS) is 12.1. The molecular formula is C15H20BrF3N2O2. The molecule has 0 saturated carbocycles. The highest BCUT2D eigenvalue weighted by atomic mass is 79.9. The predicted octanol–water partition coefficient (Wildman–Crippen LogP) is 3.84. The molecule has 1 amide bonds. The molecule has 0 aliphatic carbocycles. The quantitative estimate of drug-likeness (QED) is 0.767. The van der Waals surface area contributed by atoms with Crippen LogP contribution >= 0.6 is 15.9 Å². The Hall–Kier alpha value is -1.28. The van der Waals surface area contributed by atoms with Gasteiger partial charge in [0.15, 0.2) is 0 Å². The number of hydrogen-bond acceptors (Lipinski definition) is 3. The molecule has 0 heterocycles. The Bertz CT molecular complexity index is 548. The van der Waals surface area contributed by atoms with Gasteiger partial charge in [0.1, 0.15) is 11.4 Å². The summed E-state index contributed by atoms with van der Waals surface area (Å²) in [5.74, 6) is -3.60. The van der Waals surface area contributed by atoms with E-state index in [0.29, 0.717) is 10.0 Å². The summed E-state index contributed by atoms with van der Waals surface area (Å²) in [6.45, 7) is 3.49. The van der Waals surface area contributed by atoms with E-state index in [-0.39, 0.29) is 6.54 Å². The van der Waals surface area contributed by atoms with E-state index in [0.717, 1.165) is 0 Å². The largest absolute Gasteiger partial charge is 0.444 e. The Morgan fingerprint density at radius 1 is 1.26 bits per heavy atom. The SMILES string of the molecule is CC(C)(C)OC(=O)NCC(F)(F)CNCc1cc(F)ccc1Br. The van der Waals surface area contributed by atoms with Crippen molar-refractivity contribution >= 4 is 22.0 Å². The maximum Gasteiger partial charge on any atom is 0.407 e. The van der Waals surface area contributed by atoms with Crippen LogP contribution in [0.15, 0.2) is 22.7 Å². The molecule has 0 spiro atoms. The van der Waals surface area contributed by atoms with Crippen molar-refractivity contribution < 1.29 is 22.7 Å². The lowest BCUT2D eigenvalue weighted by Gasteiger charge is -2.22. The number of carbonyl (C=O) groups is 1. The summed E-state index contributed by atoms with van der Waals surface area (Å²) in [6.07, 6.45) is -0.898. The lowest BCUT2D eigenvalue weighted by molar-refractivity contribution is -0.00377. The first-order valence-corrected chi connectivity index (χ1v) is 7.77. The average Bonchev–Trinajstić information content (AvgIpc) is 2.39. The molecule has 0 aromatic heterocycles. The summed E-state index contributed by atoms with van der Waals surface area (Å²) in [6, 6.07) is 4.04. The van der Waals surface area contributed by atoms with Crippen LogP contribution in [0.2, 0.25) is 0 Å². The number of rotatable bonds is 6. The molecule has 1 rings (SSSR count). The van der Waals surface area contributed by atoms with Crippen LogP contribution in [0, 0.1) is 5.82 Å². The van der Waals surface area contributed by atoms with Crippen LogP contribution in [0.25, 0.3) is 0 Å². The van der Waals surface area contributed by atoms with Crippen molar-refractivity contribution in [2.24, 2.45) is 0 Å². The van der Waals surface area contributed by atoms with Gasteiger partial charge in [0, 0.05) is 11.0 Å². The number of carbonyl (C=O) groups excluding carboxylic acids is 1. The Balaban J connectivity index is 2.40. The van der Waals surface area contributed by atoms with Crippen LogP contribution in [0.5, 0.6) is 0 Å². The van der Waals surface area contributed by atoms with Crippen molar-refractivity contribution in [1.29, 1.82) is 0 Å². The standard InChI is InChI=1S/C15H20BrF3N2O2/c1-14(2,3)23-13(22)21-9-15(18,19)8-20-7-10-6-11(17)4-5-12(10)16/h4-6,20H,7-9H2,1-3H3,(H,21,22). The number of amides is 1. The second kappa shape index (κ2) is 8.01. The van der Waals surface area contributed by atoms with Gasteiger partial charge in [0.05, 0.1) is 13.1 Å². The van der Waals surface area contributed by atoms with Crippen LogP contribution in [-0.2, 0) is 11.3 Å². The summed E-state index contributed by atoms with van der Waals surface area (Å²) in [4.78, 5) is 11.3. The maximum atomic E-state index is 13.7. The number of halogens is 4. The minimum Gasteiger partial charge on any atom is -0.444 e. The summed E-state index contributed by atoms with van der Waals surface area (Å²) < 4.78 is 46.0. The zero-order valence-electron chi connectivity index (χ0n) is 13.2. The molecule has 130 valence electrons. The third-order valence-electron chi connectivity index (χ3n) is 2.60. The minimum absolute atomic E-state index is 0.0698. The fourth-order valence-electron chi connectivity index (χ4n) is 1.64. The maximum absolute atomic E-state index is 13.7. The van der Waals surface area contributed by atoms with Gasteiger partial charge in [-0.3, -0.25) is 0 Å². The second-order valence-corrected chi connectivity index (χ2v) is 6.91. The summed E-state index contributed by atoms with van der Waals surface area (Å²) >= 11 is 3.22. The number of alkyl halides is 2. The van der Waals surface area contributed by atoms with Gasteiger partial charge in [-0.25, -0.2) is 18.0 Å². The van der Waals surface area contributed by atoms with Crippen molar-refractivity contribution in [2.45, 2.75) is 38.8 Å². The van der Waals surface area contributed by atoms with Gasteiger partial charge >= 0.3 is 6.09 Å². The van der Waals surface area contributed by atoms with Crippen LogP contribution in [0.3, 0.4) is 0 Å². The van der Waals surface area contributed by atoms with E-state index >= 15 is 0 Å². The molecule has 1 aromatic rings. The van der Waals surface area contributed by atoms with Gasteiger partial charge in [0.25, 0.3) is 5.92 Å². The van der Waals surface area contributed by atoms with E-state index in [1.807, 2.05) is 5.32 Å². The Morgan fingerprint density at radius 3 is 2.52 bits per heavy atom. The highest BCUT2D eigenvalue weighted by Gasteiger charge is 2.30. The zero-order chi connectivity index (χ0) is 17.7. The molecule has 2 N–H and O–H groups in total. The van der Waals surface area contributed by atoms with Gasteiger partial charge in [-0.05, 0) is 44.5 Å². The van der Waals surface area contributed by atoms with Crippen molar-refractivity contribution in [2.75, 3.05) is 13.1 Å². The number of benzene rings is 1. The first-order chi connectivity index (χ1) is 10.5. The van der Waals surface area contributed by atoms with Crippen LogP contribution in [-0.4, -0.2) is 30.7 Å². The lowest BCUT2D eigenvalue weighted by Crippen LogP contribution is -2.44. The molecule has 4 nitrogen and oxygen atoms in total. The smallest absolute Gasteiger partial charge is 0.407 e. The van der Waals surface area contributed by atoms with Gasteiger partial charge in [0.2, 0.25) is 0 Å². The van der Waals surface area contributed by atoms with Crippen LogP contribution in [0.4, 0.5) is 18.0 Å². The first kappa shape index (κ1) is 19.8. The molecular weight excluding hydrogens is 377 g/mol. The van der Waals surface area contributed by atoms with E-state index in [2.05, 4.69) is 21.2 Å². The number of ether oxygens (including phenoxy) is 1. The highest BCUT2D eigenvalue weighted by Crippen LogP contribution is 2.18. The second-order valence-electron chi connectivity index (χ2n) is 6.05. The molecule has 0 aliphatic rings. The number of alkyl carbamates (subject to hydrolysis) is 1.